The largest absolute Gasteiger partial charge is 0.497 e. The summed E-state index contributed by atoms with van der Waals surface area (Å²) in [5, 5.41) is 3.79. The van der Waals surface area contributed by atoms with Crippen LogP contribution in [0.5, 0.6) is 5.75 Å². The van der Waals surface area contributed by atoms with Crippen molar-refractivity contribution in [3.05, 3.63) is 117 Å². The number of anilines is 1. The van der Waals surface area contributed by atoms with E-state index < -0.39 is 11.8 Å². The fourth-order valence-corrected chi connectivity index (χ4v) is 7.47. The van der Waals surface area contributed by atoms with Crippen molar-refractivity contribution in [2.24, 2.45) is 17.3 Å². The molecular formula is C37H42N4O3S. The number of aromatic nitrogens is 3. The number of ether oxygens (including phenoxy) is 2. The molecule has 8 heteroatoms. The summed E-state index contributed by atoms with van der Waals surface area (Å²) in [7, 11) is 1.67. The van der Waals surface area contributed by atoms with Gasteiger partial charge < -0.3 is 14.8 Å². The zero-order valence-electron chi connectivity index (χ0n) is 27.1. The van der Waals surface area contributed by atoms with Crippen LogP contribution in [0.25, 0.3) is 10.3 Å². The van der Waals surface area contributed by atoms with E-state index in [1.807, 2.05) is 55.5 Å². The molecule has 3 aromatic carbocycles. The van der Waals surface area contributed by atoms with Crippen molar-refractivity contribution in [1.82, 2.24) is 14.5 Å². The highest BCUT2D eigenvalue weighted by molar-refractivity contribution is 7.16. The highest BCUT2D eigenvalue weighted by Gasteiger charge is 2.45. The van der Waals surface area contributed by atoms with Crippen LogP contribution in [0.3, 0.4) is 0 Å². The molecule has 1 N–H and O–H groups in total. The summed E-state index contributed by atoms with van der Waals surface area (Å²) >= 11 is 1.20. The summed E-state index contributed by atoms with van der Waals surface area (Å²) in [4.78, 5) is 23.8. The van der Waals surface area contributed by atoms with Crippen molar-refractivity contribution in [1.29, 1.82) is 0 Å². The Morgan fingerprint density at radius 1 is 0.911 bits per heavy atom. The molecule has 1 fully saturated rings. The highest BCUT2D eigenvalue weighted by atomic mass is 32.1. The first kappa shape index (κ1) is 31.0. The van der Waals surface area contributed by atoms with Gasteiger partial charge in [-0.2, -0.15) is 4.98 Å². The summed E-state index contributed by atoms with van der Waals surface area (Å²) in [6, 6.07) is 28.7. The third-order valence-corrected chi connectivity index (χ3v) is 10.2. The number of rotatable bonds is 8. The molecule has 0 bridgehead atoms. The van der Waals surface area contributed by atoms with Gasteiger partial charge in [-0.1, -0.05) is 119 Å². The van der Waals surface area contributed by atoms with Crippen LogP contribution in [-0.4, -0.2) is 27.7 Å². The molecule has 6 rings (SSSR count). The molecule has 2 unspecified atom stereocenters. The Hall–Kier alpha value is -4.01. The SMILES string of the molecule is COc1ccc(C(Nc2nc(C)c3sc(=O)n(C4O[C@H](C(C)C)CC4C(C)(C)C)c3n2)(c2ccccc2)c2ccccc2)cc1. The molecule has 3 atom stereocenters. The Labute approximate surface area is 269 Å². The standard InChI is InChI=1S/C37H42N4O3S/c1-23(2)30-22-29(36(4,5)6)33(44-30)41-32-31(45-35(41)42)24(3)38-34(39-32)40-37(25-14-10-8-11-15-25,26-16-12-9-13-17-26)27-18-20-28(43-7)21-19-27/h8-21,23,29-30,33H,22H2,1-7H3,(H,38,39,40)/t29?,30-,33?/m0/s1. The van der Waals surface area contributed by atoms with E-state index in [-0.39, 0.29) is 22.3 Å². The lowest BCUT2D eigenvalue weighted by Gasteiger charge is -2.37. The minimum atomic E-state index is -0.851. The number of hydrogen-bond acceptors (Lipinski definition) is 7. The molecule has 45 heavy (non-hydrogen) atoms. The number of methoxy groups -OCH3 is 1. The van der Waals surface area contributed by atoms with Gasteiger partial charge in [0.1, 0.15) is 17.5 Å². The first-order valence-electron chi connectivity index (χ1n) is 15.6. The van der Waals surface area contributed by atoms with Gasteiger partial charge in [0.25, 0.3) is 0 Å². The van der Waals surface area contributed by atoms with Crippen LogP contribution >= 0.6 is 11.3 Å². The van der Waals surface area contributed by atoms with Crippen molar-refractivity contribution in [2.45, 2.75) is 65.8 Å². The van der Waals surface area contributed by atoms with Crippen LogP contribution in [-0.2, 0) is 10.3 Å². The first-order valence-corrected chi connectivity index (χ1v) is 16.4. The van der Waals surface area contributed by atoms with Crippen LogP contribution in [0, 0.1) is 24.2 Å². The van der Waals surface area contributed by atoms with E-state index >= 15 is 0 Å². The van der Waals surface area contributed by atoms with E-state index in [0.717, 1.165) is 39.3 Å². The van der Waals surface area contributed by atoms with E-state index in [4.69, 9.17) is 19.4 Å². The lowest BCUT2D eigenvalue weighted by atomic mass is 9.77. The Morgan fingerprint density at radius 2 is 1.49 bits per heavy atom. The maximum atomic E-state index is 13.7. The molecule has 0 spiro atoms. The molecule has 3 heterocycles. The summed E-state index contributed by atoms with van der Waals surface area (Å²) in [5.41, 5.74) is 3.49. The maximum Gasteiger partial charge on any atom is 0.311 e. The van der Waals surface area contributed by atoms with Crippen molar-refractivity contribution >= 4 is 27.6 Å². The Kier molecular flexibility index (Phi) is 8.31. The average molecular weight is 623 g/mol. The average Bonchev–Trinajstić information content (AvgIpc) is 3.62. The van der Waals surface area contributed by atoms with Gasteiger partial charge >= 0.3 is 4.87 Å². The summed E-state index contributed by atoms with van der Waals surface area (Å²) in [6.07, 6.45) is 0.559. The lowest BCUT2D eigenvalue weighted by Crippen LogP contribution is -2.39. The molecule has 5 aromatic rings. The molecule has 0 aliphatic carbocycles. The number of fused-ring (bicyclic) bond motifs is 1. The normalized spacial score (nSPS) is 18.9. The number of aryl methyl sites for hydroxylation is 1. The van der Waals surface area contributed by atoms with Gasteiger partial charge in [0.2, 0.25) is 5.95 Å². The van der Waals surface area contributed by atoms with Gasteiger partial charge in [-0.15, -0.1) is 0 Å². The molecule has 7 nitrogen and oxygen atoms in total. The van der Waals surface area contributed by atoms with Gasteiger partial charge in [0.05, 0.1) is 23.6 Å². The summed E-state index contributed by atoms with van der Waals surface area (Å²) in [5.74, 6) is 1.70. The molecule has 1 saturated heterocycles. The molecule has 0 radical (unpaired) electrons. The van der Waals surface area contributed by atoms with Gasteiger partial charge in [0.15, 0.2) is 5.65 Å². The van der Waals surface area contributed by atoms with Crippen LogP contribution < -0.4 is 14.9 Å². The fourth-order valence-electron chi connectivity index (χ4n) is 6.58. The number of benzene rings is 3. The number of hydrogen-bond donors (Lipinski definition) is 1. The maximum absolute atomic E-state index is 13.7. The molecule has 0 amide bonds. The van der Waals surface area contributed by atoms with E-state index in [1.54, 1.807) is 11.7 Å². The fraction of sp³-hybridized carbons (Fsp3) is 0.378. The Morgan fingerprint density at radius 3 is 2.02 bits per heavy atom. The van der Waals surface area contributed by atoms with Crippen molar-refractivity contribution in [3.63, 3.8) is 0 Å². The number of nitrogens with zero attached hydrogens (tertiary/aromatic N) is 3. The van der Waals surface area contributed by atoms with Gasteiger partial charge in [-0.25, -0.2) is 4.98 Å². The third kappa shape index (κ3) is 5.66. The van der Waals surface area contributed by atoms with E-state index in [1.165, 1.54) is 11.3 Å². The third-order valence-electron chi connectivity index (χ3n) is 9.12. The zero-order chi connectivity index (χ0) is 31.9. The van der Waals surface area contributed by atoms with E-state index in [0.29, 0.717) is 17.5 Å². The quantitative estimate of drug-likeness (QED) is 0.176. The lowest BCUT2D eigenvalue weighted by molar-refractivity contribution is -0.0426. The zero-order valence-corrected chi connectivity index (χ0v) is 27.9. The minimum absolute atomic E-state index is 0.0602. The summed E-state index contributed by atoms with van der Waals surface area (Å²) < 4.78 is 14.8. The van der Waals surface area contributed by atoms with Gasteiger partial charge in [0, 0.05) is 5.92 Å². The second kappa shape index (κ2) is 12.1. The molecule has 2 aromatic heterocycles. The van der Waals surface area contributed by atoms with Crippen molar-refractivity contribution in [2.75, 3.05) is 12.4 Å². The Balaban J connectivity index is 1.56. The Bertz CT molecular complexity index is 1790. The molecule has 234 valence electrons. The predicted octanol–water partition coefficient (Wildman–Crippen LogP) is 8.18. The molecular weight excluding hydrogens is 580 g/mol. The van der Waals surface area contributed by atoms with Crippen molar-refractivity contribution in [3.8, 4) is 5.75 Å². The molecule has 1 aliphatic rings. The van der Waals surface area contributed by atoms with Crippen LogP contribution in [0.2, 0.25) is 0 Å². The molecule has 0 saturated carbocycles. The predicted molar refractivity (Wildman–Crippen MR) is 182 cm³/mol. The smallest absolute Gasteiger partial charge is 0.311 e. The monoisotopic (exact) mass is 622 g/mol. The topological polar surface area (TPSA) is 78.3 Å². The molecule has 1 aliphatic heterocycles. The minimum Gasteiger partial charge on any atom is -0.497 e. The van der Waals surface area contributed by atoms with E-state index in [2.05, 4.69) is 76.3 Å². The number of thiazole rings is 1. The van der Waals surface area contributed by atoms with Crippen molar-refractivity contribution < 1.29 is 9.47 Å². The first-order chi connectivity index (χ1) is 21.5. The highest BCUT2D eigenvalue weighted by Crippen LogP contribution is 2.47. The van der Waals surface area contributed by atoms with Gasteiger partial charge in [-0.3, -0.25) is 9.36 Å². The number of nitrogens with one attached hydrogen (secondary N) is 1. The van der Waals surface area contributed by atoms with E-state index in [9.17, 15) is 4.79 Å². The van der Waals surface area contributed by atoms with Gasteiger partial charge in [-0.05, 0) is 53.5 Å². The van der Waals surface area contributed by atoms with Crippen LogP contribution in [0.1, 0.15) is 69.7 Å². The van der Waals surface area contributed by atoms with Crippen LogP contribution in [0.15, 0.2) is 89.7 Å². The summed E-state index contributed by atoms with van der Waals surface area (Å²) in [6.45, 7) is 13.0. The second-order valence-electron chi connectivity index (χ2n) is 13.4. The second-order valence-corrected chi connectivity index (χ2v) is 14.3. The van der Waals surface area contributed by atoms with Crippen LogP contribution in [0.4, 0.5) is 5.95 Å².